The van der Waals surface area contributed by atoms with Crippen LogP contribution in [0.1, 0.15) is 62.9 Å². The molecule has 2 aromatic rings. The highest BCUT2D eigenvalue weighted by Crippen LogP contribution is 2.28. The summed E-state index contributed by atoms with van der Waals surface area (Å²) in [6.45, 7) is 8.14. The van der Waals surface area contributed by atoms with E-state index in [1.54, 1.807) is 47.4 Å². The summed E-state index contributed by atoms with van der Waals surface area (Å²) < 4.78 is 17.0. The SMILES string of the molecule is CC(C)N(C(=O)c1ccc(OCCCCCOc2ccc(/C(N)=N\O)cc2)cc1OCC(=O)O)C(C)C. The summed E-state index contributed by atoms with van der Waals surface area (Å²) in [5.41, 5.74) is 6.45. The number of nitrogens with zero attached hydrogens (tertiary/aromatic N) is 2. The lowest BCUT2D eigenvalue weighted by molar-refractivity contribution is -0.139. The summed E-state index contributed by atoms with van der Waals surface area (Å²) >= 11 is 0. The number of hydrogen-bond acceptors (Lipinski definition) is 7. The van der Waals surface area contributed by atoms with Gasteiger partial charge in [0.15, 0.2) is 12.4 Å². The molecular formula is C27H37N3O7. The Labute approximate surface area is 217 Å². The van der Waals surface area contributed by atoms with Gasteiger partial charge in [0.1, 0.15) is 17.2 Å². The number of rotatable bonds is 15. The molecule has 0 aliphatic rings. The van der Waals surface area contributed by atoms with Crippen LogP contribution in [0.2, 0.25) is 0 Å². The molecule has 10 nitrogen and oxygen atoms in total. The van der Waals surface area contributed by atoms with Crippen molar-refractivity contribution in [1.29, 1.82) is 0 Å². The lowest BCUT2D eigenvalue weighted by atomic mass is 10.1. The maximum Gasteiger partial charge on any atom is 0.341 e. The second-order valence-electron chi connectivity index (χ2n) is 9.01. The summed E-state index contributed by atoms with van der Waals surface area (Å²) in [7, 11) is 0. The van der Waals surface area contributed by atoms with Gasteiger partial charge in [-0.1, -0.05) is 5.16 Å². The summed E-state index contributed by atoms with van der Waals surface area (Å²) in [6.07, 6.45) is 2.48. The van der Waals surface area contributed by atoms with Crippen molar-refractivity contribution in [3.8, 4) is 17.2 Å². The first kappa shape index (κ1) is 29.3. The molecule has 0 heterocycles. The number of aliphatic carboxylic acids is 1. The van der Waals surface area contributed by atoms with Crippen LogP contribution in [0.4, 0.5) is 0 Å². The zero-order valence-corrected chi connectivity index (χ0v) is 21.8. The van der Waals surface area contributed by atoms with E-state index in [0.29, 0.717) is 35.8 Å². The monoisotopic (exact) mass is 515 g/mol. The molecule has 0 fully saturated rings. The highest BCUT2D eigenvalue weighted by Gasteiger charge is 2.25. The van der Waals surface area contributed by atoms with Crippen molar-refractivity contribution >= 4 is 17.7 Å². The Kier molecular flexibility index (Phi) is 11.5. The number of oxime groups is 1. The molecule has 0 spiro atoms. The minimum Gasteiger partial charge on any atom is -0.494 e. The Morgan fingerprint density at radius 1 is 0.892 bits per heavy atom. The van der Waals surface area contributed by atoms with Gasteiger partial charge in [0.25, 0.3) is 5.91 Å². The molecule has 10 heteroatoms. The Balaban J connectivity index is 1.87. The smallest absolute Gasteiger partial charge is 0.341 e. The lowest BCUT2D eigenvalue weighted by Gasteiger charge is -2.31. The van der Waals surface area contributed by atoms with Gasteiger partial charge in [0, 0.05) is 23.7 Å². The first-order valence-electron chi connectivity index (χ1n) is 12.3. The molecule has 37 heavy (non-hydrogen) atoms. The number of carbonyl (C=O) groups is 2. The second kappa shape index (κ2) is 14.6. The zero-order chi connectivity index (χ0) is 27.4. The van der Waals surface area contributed by atoms with Crippen LogP contribution >= 0.6 is 0 Å². The standard InChI is InChI=1S/C27H37N3O7/c1-18(2)30(19(3)4)27(33)23-13-12-22(16-24(23)37-17-25(31)32)36-15-7-5-6-14-35-21-10-8-20(9-11-21)26(28)29-34/h8-13,16,18-19,34H,5-7,14-15,17H2,1-4H3,(H2,28,29)(H,31,32). The number of carboxylic acid groups (broad SMARTS) is 1. The molecule has 0 aromatic heterocycles. The third-order valence-electron chi connectivity index (χ3n) is 5.47. The fourth-order valence-corrected chi connectivity index (χ4v) is 3.77. The van der Waals surface area contributed by atoms with E-state index >= 15 is 0 Å². The van der Waals surface area contributed by atoms with Crippen LogP contribution in [0.5, 0.6) is 17.2 Å². The number of benzene rings is 2. The first-order valence-corrected chi connectivity index (χ1v) is 12.3. The molecule has 1 amide bonds. The maximum atomic E-state index is 13.2. The Morgan fingerprint density at radius 3 is 2.00 bits per heavy atom. The van der Waals surface area contributed by atoms with Gasteiger partial charge in [-0.25, -0.2) is 4.79 Å². The number of ether oxygens (including phenoxy) is 3. The van der Waals surface area contributed by atoms with Crippen LogP contribution in [-0.2, 0) is 4.79 Å². The third-order valence-corrected chi connectivity index (χ3v) is 5.47. The van der Waals surface area contributed by atoms with Crippen molar-refractivity contribution in [3.63, 3.8) is 0 Å². The summed E-state index contributed by atoms with van der Waals surface area (Å²) in [4.78, 5) is 25.9. The van der Waals surface area contributed by atoms with Crippen molar-refractivity contribution in [3.05, 3.63) is 53.6 Å². The number of unbranched alkanes of at least 4 members (excludes halogenated alkanes) is 2. The van der Waals surface area contributed by atoms with E-state index < -0.39 is 12.6 Å². The van der Waals surface area contributed by atoms with E-state index in [1.807, 2.05) is 27.7 Å². The molecule has 4 N–H and O–H groups in total. The molecule has 2 aromatic carbocycles. The van der Waals surface area contributed by atoms with Gasteiger partial charge in [-0.05, 0) is 83.4 Å². The van der Waals surface area contributed by atoms with Crippen molar-refractivity contribution in [1.82, 2.24) is 4.90 Å². The number of amides is 1. The fourth-order valence-electron chi connectivity index (χ4n) is 3.77. The van der Waals surface area contributed by atoms with E-state index in [1.165, 1.54) is 0 Å². The largest absolute Gasteiger partial charge is 0.494 e. The molecule has 0 atom stereocenters. The minimum atomic E-state index is -1.13. The number of nitrogens with two attached hydrogens (primary N) is 1. The van der Waals surface area contributed by atoms with Gasteiger partial charge < -0.3 is 35.2 Å². The third kappa shape index (κ3) is 9.21. The molecular weight excluding hydrogens is 478 g/mol. The van der Waals surface area contributed by atoms with Gasteiger partial charge in [-0.3, -0.25) is 4.79 Å². The second-order valence-corrected chi connectivity index (χ2v) is 9.01. The van der Waals surface area contributed by atoms with Crippen LogP contribution in [0.25, 0.3) is 0 Å². The van der Waals surface area contributed by atoms with Crippen molar-refractivity contribution in [2.45, 2.75) is 59.0 Å². The molecule has 0 saturated heterocycles. The van der Waals surface area contributed by atoms with Crippen molar-refractivity contribution in [2.75, 3.05) is 19.8 Å². The van der Waals surface area contributed by atoms with Crippen LogP contribution in [0, 0.1) is 0 Å². The normalized spacial score (nSPS) is 11.5. The summed E-state index contributed by atoms with van der Waals surface area (Å²) in [6, 6.07) is 11.8. The van der Waals surface area contributed by atoms with E-state index in [0.717, 1.165) is 19.3 Å². The van der Waals surface area contributed by atoms with Crippen LogP contribution in [-0.4, -0.2) is 64.8 Å². The molecule has 0 saturated carbocycles. The maximum absolute atomic E-state index is 13.2. The minimum absolute atomic E-state index is 0.0291. The van der Waals surface area contributed by atoms with Gasteiger partial charge in [-0.2, -0.15) is 0 Å². The number of hydrogen-bond donors (Lipinski definition) is 3. The summed E-state index contributed by atoms with van der Waals surface area (Å²) in [5.74, 6) is 0.0682. The van der Waals surface area contributed by atoms with E-state index in [9.17, 15) is 9.59 Å². The van der Waals surface area contributed by atoms with Crippen LogP contribution < -0.4 is 19.9 Å². The Hall–Kier alpha value is -3.95. The predicted octanol–water partition coefficient (Wildman–Crippen LogP) is 4.13. The van der Waals surface area contributed by atoms with Gasteiger partial charge in [-0.15, -0.1) is 0 Å². The van der Waals surface area contributed by atoms with E-state index in [2.05, 4.69) is 5.16 Å². The number of carboxylic acids is 1. The molecule has 0 bridgehead atoms. The van der Waals surface area contributed by atoms with E-state index in [4.69, 9.17) is 30.3 Å². The Morgan fingerprint density at radius 2 is 1.46 bits per heavy atom. The van der Waals surface area contributed by atoms with Crippen molar-refractivity contribution < 1.29 is 34.1 Å². The topological polar surface area (TPSA) is 144 Å². The molecule has 0 aliphatic carbocycles. The summed E-state index contributed by atoms with van der Waals surface area (Å²) in [5, 5.41) is 20.7. The molecule has 202 valence electrons. The van der Waals surface area contributed by atoms with Gasteiger partial charge >= 0.3 is 5.97 Å². The quantitative estimate of drug-likeness (QED) is 0.106. The average Bonchev–Trinajstić information content (AvgIpc) is 2.86. The highest BCUT2D eigenvalue weighted by molar-refractivity contribution is 5.98. The lowest BCUT2D eigenvalue weighted by Crippen LogP contribution is -2.42. The molecule has 0 unspecified atom stereocenters. The molecule has 2 rings (SSSR count). The van der Waals surface area contributed by atoms with Crippen molar-refractivity contribution in [2.24, 2.45) is 10.9 Å². The van der Waals surface area contributed by atoms with Crippen LogP contribution in [0.15, 0.2) is 47.6 Å². The van der Waals surface area contributed by atoms with Gasteiger partial charge in [0.2, 0.25) is 0 Å². The number of carbonyl (C=O) groups excluding carboxylic acids is 1. The first-order chi connectivity index (χ1) is 17.6. The van der Waals surface area contributed by atoms with Gasteiger partial charge in [0.05, 0.1) is 18.8 Å². The zero-order valence-electron chi connectivity index (χ0n) is 21.8. The average molecular weight is 516 g/mol. The number of amidine groups is 1. The predicted molar refractivity (Wildman–Crippen MR) is 140 cm³/mol. The molecule has 0 radical (unpaired) electrons. The fraction of sp³-hybridized carbons (Fsp3) is 0.444. The molecule has 0 aliphatic heterocycles. The highest BCUT2D eigenvalue weighted by atomic mass is 16.5. The Bertz CT molecular complexity index is 1040. The van der Waals surface area contributed by atoms with E-state index in [-0.39, 0.29) is 29.6 Å². The van der Waals surface area contributed by atoms with Crippen LogP contribution in [0.3, 0.4) is 0 Å².